The smallest absolute Gasteiger partial charge is 0.211 e. The van der Waals surface area contributed by atoms with Crippen LogP contribution in [0, 0.1) is 0 Å². The van der Waals surface area contributed by atoms with Crippen LogP contribution in [0.4, 0.5) is 0 Å². The van der Waals surface area contributed by atoms with Crippen LogP contribution in [0.1, 0.15) is 27.2 Å². The largest absolute Gasteiger partial charge is 0.310 e. The Bertz CT molecular complexity index is 266. The molecule has 1 saturated heterocycles. The fraction of sp³-hybridized carbons (Fsp3) is 1.00. The second kappa shape index (κ2) is 3.55. The fourth-order valence-corrected chi connectivity index (χ4v) is 2.66. The van der Waals surface area contributed by atoms with Gasteiger partial charge in [0.05, 0.1) is 5.75 Å². The lowest BCUT2D eigenvalue weighted by molar-refractivity contribution is 0.399. The first kappa shape index (κ1) is 10.9. The van der Waals surface area contributed by atoms with Gasteiger partial charge < -0.3 is 5.32 Å². The van der Waals surface area contributed by atoms with E-state index in [9.17, 15) is 8.42 Å². The van der Waals surface area contributed by atoms with Crippen LogP contribution in [-0.2, 0) is 10.0 Å². The predicted molar refractivity (Wildman–Crippen MR) is 53.1 cm³/mol. The molecular weight excluding hydrogens is 188 g/mol. The molecule has 0 aromatic rings. The van der Waals surface area contributed by atoms with Gasteiger partial charge >= 0.3 is 0 Å². The molecule has 0 aromatic carbocycles. The van der Waals surface area contributed by atoms with E-state index in [1.165, 1.54) is 0 Å². The summed E-state index contributed by atoms with van der Waals surface area (Å²) in [5.74, 6) is 0.267. The van der Waals surface area contributed by atoms with Crippen molar-refractivity contribution in [2.75, 3.05) is 12.3 Å². The third kappa shape index (κ3) is 4.06. The summed E-state index contributed by atoms with van der Waals surface area (Å²) in [5, 5.41) is 3.27. The number of hydrogen-bond donors (Lipinski definition) is 2. The Balaban J connectivity index is 2.34. The summed E-state index contributed by atoms with van der Waals surface area (Å²) in [4.78, 5) is 0. The van der Waals surface area contributed by atoms with Gasteiger partial charge in [0.2, 0.25) is 10.0 Å². The quantitative estimate of drug-likeness (QED) is 0.672. The Morgan fingerprint density at radius 2 is 2.08 bits per heavy atom. The standard InChI is InChI=1S/C8H18N2O2S/c1-8(2,3)9-6-7-4-5-13(11,12)10-7/h7,9-10H,4-6H2,1-3H3. The minimum absolute atomic E-state index is 0.0496. The Morgan fingerprint density at radius 3 is 2.46 bits per heavy atom. The Kier molecular flexibility index (Phi) is 2.99. The Morgan fingerprint density at radius 1 is 1.46 bits per heavy atom. The second-order valence-electron chi connectivity index (χ2n) is 4.55. The molecule has 1 rings (SSSR count). The maximum atomic E-state index is 11.0. The number of rotatable bonds is 2. The molecule has 4 nitrogen and oxygen atoms in total. The average Bonchev–Trinajstić information content (AvgIpc) is 2.24. The summed E-state index contributed by atoms with van der Waals surface area (Å²) in [6.07, 6.45) is 0.714. The average molecular weight is 206 g/mol. The van der Waals surface area contributed by atoms with E-state index in [-0.39, 0.29) is 17.3 Å². The number of sulfonamides is 1. The van der Waals surface area contributed by atoms with E-state index in [0.29, 0.717) is 13.0 Å². The first-order valence-electron chi connectivity index (χ1n) is 4.53. The molecule has 1 fully saturated rings. The van der Waals surface area contributed by atoms with Crippen LogP contribution in [-0.4, -0.2) is 32.3 Å². The van der Waals surface area contributed by atoms with Crippen LogP contribution in [0.5, 0.6) is 0 Å². The highest BCUT2D eigenvalue weighted by Crippen LogP contribution is 2.08. The van der Waals surface area contributed by atoms with Gasteiger partial charge in [0.1, 0.15) is 0 Å². The van der Waals surface area contributed by atoms with Crippen LogP contribution in [0.2, 0.25) is 0 Å². The maximum Gasteiger partial charge on any atom is 0.211 e. The molecule has 0 bridgehead atoms. The number of nitrogens with one attached hydrogen (secondary N) is 2. The highest BCUT2D eigenvalue weighted by molar-refractivity contribution is 7.89. The van der Waals surface area contributed by atoms with Crippen molar-refractivity contribution in [2.45, 2.75) is 38.8 Å². The van der Waals surface area contributed by atoms with E-state index in [0.717, 1.165) is 0 Å². The van der Waals surface area contributed by atoms with Crippen molar-refractivity contribution in [1.29, 1.82) is 0 Å². The SMILES string of the molecule is CC(C)(C)NCC1CCS(=O)(=O)N1. The molecule has 0 saturated carbocycles. The lowest BCUT2D eigenvalue weighted by atomic mass is 10.1. The molecule has 1 aliphatic rings. The van der Waals surface area contributed by atoms with Crippen molar-refractivity contribution >= 4 is 10.0 Å². The molecule has 5 heteroatoms. The van der Waals surface area contributed by atoms with E-state index >= 15 is 0 Å². The normalized spacial score (nSPS) is 27.8. The molecule has 0 radical (unpaired) electrons. The number of hydrogen-bond acceptors (Lipinski definition) is 3. The van der Waals surface area contributed by atoms with Crippen molar-refractivity contribution in [3.05, 3.63) is 0 Å². The highest BCUT2D eigenvalue weighted by Gasteiger charge is 2.27. The summed E-state index contributed by atoms with van der Waals surface area (Å²) in [5.41, 5.74) is 0.0496. The van der Waals surface area contributed by atoms with Crippen molar-refractivity contribution < 1.29 is 8.42 Å². The highest BCUT2D eigenvalue weighted by atomic mass is 32.2. The molecule has 0 spiro atoms. The molecule has 78 valence electrons. The van der Waals surface area contributed by atoms with E-state index < -0.39 is 10.0 Å². The molecule has 0 amide bonds. The minimum atomic E-state index is -2.95. The summed E-state index contributed by atoms with van der Waals surface area (Å²) in [7, 11) is -2.95. The lowest BCUT2D eigenvalue weighted by Crippen LogP contribution is -2.44. The fourth-order valence-electron chi connectivity index (χ4n) is 1.24. The Labute approximate surface area is 80.1 Å². The molecule has 1 heterocycles. The van der Waals surface area contributed by atoms with Crippen LogP contribution >= 0.6 is 0 Å². The van der Waals surface area contributed by atoms with Gasteiger partial charge in [-0.05, 0) is 27.2 Å². The topological polar surface area (TPSA) is 58.2 Å². The van der Waals surface area contributed by atoms with Crippen LogP contribution < -0.4 is 10.0 Å². The molecule has 13 heavy (non-hydrogen) atoms. The summed E-state index contributed by atoms with van der Waals surface area (Å²) < 4.78 is 24.7. The summed E-state index contributed by atoms with van der Waals surface area (Å²) >= 11 is 0. The predicted octanol–water partition coefficient (Wildman–Crippen LogP) is 0.0662. The van der Waals surface area contributed by atoms with Gasteiger partial charge in [-0.3, -0.25) is 0 Å². The summed E-state index contributed by atoms with van der Waals surface area (Å²) in [6, 6.07) is 0.0734. The van der Waals surface area contributed by atoms with Crippen molar-refractivity contribution in [3.8, 4) is 0 Å². The van der Waals surface area contributed by atoms with Gasteiger partial charge in [-0.1, -0.05) is 0 Å². The summed E-state index contributed by atoms with van der Waals surface area (Å²) in [6.45, 7) is 6.91. The monoisotopic (exact) mass is 206 g/mol. The van der Waals surface area contributed by atoms with E-state index in [4.69, 9.17) is 0 Å². The zero-order valence-electron chi connectivity index (χ0n) is 8.42. The van der Waals surface area contributed by atoms with Gasteiger partial charge in [0, 0.05) is 18.1 Å². The molecule has 1 unspecified atom stereocenters. The van der Waals surface area contributed by atoms with Gasteiger partial charge in [-0.2, -0.15) is 0 Å². The van der Waals surface area contributed by atoms with E-state index in [1.54, 1.807) is 0 Å². The third-order valence-electron chi connectivity index (χ3n) is 1.96. The van der Waals surface area contributed by atoms with Crippen LogP contribution in [0.3, 0.4) is 0 Å². The zero-order valence-corrected chi connectivity index (χ0v) is 9.24. The van der Waals surface area contributed by atoms with Gasteiger partial charge in [0.15, 0.2) is 0 Å². The molecule has 2 N–H and O–H groups in total. The van der Waals surface area contributed by atoms with Crippen molar-refractivity contribution in [3.63, 3.8) is 0 Å². The zero-order chi connectivity index (χ0) is 10.1. The minimum Gasteiger partial charge on any atom is -0.310 e. The van der Waals surface area contributed by atoms with Crippen molar-refractivity contribution in [1.82, 2.24) is 10.0 Å². The molecule has 1 aliphatic heterocycles. The first-order chi connectivity index (χ1) is 5.79. The van der Waals surface area contributed by atoms with Gasteiger partial charge in [-0.25, -0.2) is 13.1 Å². The lowest BCUT2D eigenvalue weighted by Gasteiger charge is -2.22. The van der Waals surface area contributed by atoms with E-state index in [2.05, 4.69) is 30.8 Å². The van der Waals surface area contributed by atoms with E-state index in [1.807, 2.05) is 0 Å². The maximum absolute atomic E-state index is 11.0. The van der Waals surface area contributed by atoms with Crippen molar-refractivity contribution in [2.24, 2.45) is 0 Å². The molecular formula is C8H18N2O2S. The van der Waals surface area contributed by atoms with Crippen LogP contribution in [0.15, 0.2) is 0 Å². The Hall–Kier alpha value is -0.130. The molecule has 0 aliphatic carbocycles. The van der Waals surface area contributed by atoms with Crippen LogP contribution in [0.25, 0.3) is 0 Å². The second-order valence-corrected chi connectivity index (χ2v) is 6.43. The third-order valence-corrected chi connectivity index (χ3v) is 3.43. The van der Waals surface area contributed by atoms with Gasteiger partial charge in [0.25, 0.3) is 0 Å². The first-order valence-corrected chi connectivity index (χ1v) is 6.19. The van der Waals surface area contributed by atoms with Gasteiger partial charge in [-0.15, -0.1) is 0 Å². The molecule has 1 atom stereocenters. The molecule has 0 aromatic heterocycles.